The molecule has 0 radical (unpaired) electrons. The van der Waals surface area contributed by atoms with E-state index in [9.17, 15) is 8.78 Å². The molecule has 0 N–H and O–H groups in total. The van der Waals surface area contributed by atoms with Crippen molar-refractivity contribution in [3.05, 3.63) is 106 Å². The molecule has 0 saturated carbocycles. The monoisotopic (exact) mass is 426 g/mol. The summed E-state index contributed by atoms with van der Waals surface area (Å²) >= 11 is 0. The lowest BCUT2D eigenvalue weighted by atomic mass is 10.0. The molecule has 3 aromatic carbocycles. The Balaban J connectivity index is 1.69. The van der Waals surface area contributed by atoms with Crippen molar-refractivity contribution in [2.45, 2.75) is 52.4 Å². The minimum atomic E-state index is -0.431. The fourth-order valence-electron chi connectivity index (χ4n) is 3.31. The van der Waals surface area contributed by atoms with E-state index < -0.39 is 5.82 Å². The Morgan fingerprint density at radius 2 is 1.16 bits per heavy atom. The normalized spacial score (nSPS) is 10.1. The molecule has 0 aromatic heterocycles. The smallest absolute Gasteiger partial charge is 0.140 e. The van der Waals surface area contributed by atoms with Gasteiger partial charge in [0.05, 0.1) is 5.56 Å². The first-order valence-corrected chi connectivity index (χ1v) is 11.3. The summed E-state index contributed by atoms with van der Waals surface area (Å²) in [4.78, 5) is 0. The van der Waals surface area contributed by atoms with E-state index in [1.165, 1.54) is 30.5 Å². The van der Waals surface area contributed by atoms with Gasteiger partial charge in [-0.15, -0.1) is 0 Å². The third-order valence-electron chi connectivity index (χ3n) is 5.29. The molecule has 0 nitrogen and oxygen atoms in total. The summed E-state index contributed by atoms with van der Waals surface area (Å²) in [7, 11) is 0. The van der Waals surface area contributed by atoms with Crippen LogP contribution in [0.4, 0.5) is 8.78 Å². The molecule has 2 heteroatoms. The molecule has 0 atom stereocenters. The second kappa shape index (κ2) is 11.9. The van der Waals surface area contributed by atoms with Gasteiger partial charge < -0.3 is 0 Å². The van der Waals surface area contributed by atoms with E-state index in [2.05, 4.69) is 49.7 Å². The van der Waals surface area contributed by atoms with Crippen LogP contribution in [0.5, 0.6) is 0 Å². The van der Waals surface area contributed by atoms with Crippen molar-refractivity contribution in [3.8, 4) is 23.7 Å². The van der Waals surface area contributed by atoms with Gasteiger partial charge in [-0.05, 0) is 79.3 Å². The molecule has 3 aromatic rings. The van der Waals surface area contributed by atoms with E-state index in [0.717, 1.165) is 31.2 Å². The van der Waals surface area contributed by atoms with Gasteiger partial charge in [0.15, 0.2) is 0 Å². The predicted octanol–water partition coefficient (Wildman–Crippen LogP) is 7.45. The van der Waals surface area contributed by atoms with Crippen LogP contribution in [0.25, 0.3) is 0 Å². The maximum Gasteiger partial charge on any atom is 0.140 e. The molecule has 0 aliphatic rings. The molecule has 3 rings (SSSR count). The maximum atomic E-state index is 14.5. The summed E-state index contributed by atoms with van der Waals surface area (Å²) in [5.74, 6) is 11.1. The van der Waals surface area contributed by atoms with Crippen LogP contribution in [0.2, 0.25) is 0 Å². The number of hydrogen-bond donors (Lipinski definition) is 0. The minimum absolute atomic E-state index is 0.255. The van der Waals surface area contributed by atoms with Gasteiger partial charge in [-0.3, -0.25) is 0 Å². The number of rotatable bonds is 6. The van der Waals surface area contributed by atoms with Gasteiger partial charge in [0.2, 0.25) is 0 Å². The lowest BCUT2D eigenvalue weighted by Crippen LogP contribution is -1.91. The standard InChI is InChI=1S/C30H28F2/c1-3-5-7-23-9-11-24(12-10-23)13-14-25-16-19-28(30(32)21-25)20-17-26-15-18-27(8-6-4-2)29(31)22-26/h9-12,15-16,18-19,21-22H,3-8H2,1-2H3. The van der Waals surface area contributed by atoms with Crippen LogP contribution < -0.4 is 0 Å². The van der Waals surface area contributed by atoms with Gasteiger partial charge in [0.1, 0.15) is 11.6 Å². The van der Waals surface area contributed by atoms with Crippen molar-refractivity contribution in [1.29, 1.82) is 0 Å². The molecule has 162 valence electrons. The fraction of sp³-hybridized carbons (Fsp3) is 0.267. The van der Waals surface area contributed by atoms with Gasteiger partial charge >= 0.3 is 0 Å². The zero-order valence-corrected chi connectivity index (χ0v) is 18.8. The highest BCUT2D eigenvalue weighted by atomic mass is 19.1. The van der Waals surface area contributed by atoms with E-state index >= 15 is 0 Å². The fourth-order valence-corrected chi connectivity index (χ4v) is 3.31. The van der Waals surface area contributed by atoms with Crippen molar-refractivity contribution < 1.29 is 8.78 Å². The highest BCUT2D eigenvalue weighted by Gasteiger charge is 2.03. The second-order valence-electron chi connectivity index (χ2n) is 7.90. The largest absolute Gasteiger partial charge is 0.207 e. The molecule has 0 amide bonds. The summed E-state index contributed by atoms with van der Waals surface area (Å²) in [5, 5.41) is 0. The number of unbranched alkanes of at least 4 members (excludes halogenated alkanes) is 2. The Morgan fingerprint density at radius 1 is 0.594 bits per heavy atom. The van der Waals surface area contributed by atoms with Gasteiger partial charge in [-0.1, -0.05) is 68.6 Å². The Kier molecular flexibility index (Phi) is 8.65. The molecular formula is C30H28F2. The molecule has 0 aliphatic carbocycles. The quantitative estimate of drug-likeness (QED) is 0.359. The zero-order chi connectivity index (χ0) is 22.8. The first-order valence-electron chi connectivity index (χ1n) is 11.3. The summed E-state index contributed by atoms with van der Waals surface area (Å²) in [5.41, 5.74) is 4.30. The van der Waals surface area contributed by atoms with Gasteiger partial charge in [0, 0.05) is 16.7 Å². The first kappa shape index (κ1) is 23.3. The molecule has 0 fully saturated rings. The third kappa shape index (κ3) is 6.83. The maximum absolute atomic E-state index is 14.5. The summed E-state index contributed by atoms with van der Waals surface area (Å²) in [6.45, 7) is 4.26. The second-order valence-corrected chi connectivity index (χ2v) is 7.90. The Hall–Kier alpha value is -3.36. The van der Waals surface area contributed by atoms with Crippen LogP contribution in [0.1, 0.15) is 72.9 Å². The first-order chi connectivity index (χ1) is 15.6. The Morgan fingerprint density at radius 3 is 1.81 bits per heavy atom. The van der Waals surface area contributed by atoms with Gasteiger partial charge in [0.25, 0.3) is 0 Å². The average Bonchev–Trinajstić information content (AvgIpc) is 2.81. The minimum Gasteiger partial charge on any atom is -0.207 e. The summed E-state index contributed by atoms with van der Waals surface area (Å²) in [6.07, 6.45) is 6.12. The van der Waals surface area contributed by atoms with Crippen LogP contribution in [0.15, 0.2) is 60.7 Å². The van der Waals surface area contributed by atoms with Crippen LogP contribution in [0, 0.1) is 35.3 Å². The van der Waals surface area contributed by atoms with Crippen molar-refractivity contribution >= 4 is 0 Å². The highest BCUT2D eigenvalue weighted by Crippen LogP contribution is 2.14. The van der Waals surface area contributed by atoms with E-state index in [1.807, 2.05) is 12.1 Å². The van der Waals surface area contributed by atoms with E-state index in [4.69, 9.17) is 0 Å². The van der Waals surface area contributed by atoms with E-state index in [-0.39, 0.29) is 11.4 Å². The molecule has 32 heavy (non-hydrogen) atoms. The SMILES string of the molecule is CCCCc1ccc(C#Cc2ccc(C#Cc3ccc(CCCC)c(F)c3)c(F)c2)cc1. The average molecular weight is 427 g/mol. The molecule has 0 bridgehead atoms. The van der Waals surface area contributed by atoms with Crippen LogP contribution in [-0.2, 0) is 12.8 Å². The number of halogens is 2. The van der Waals surface area contributed by atoms with Gasteiger partial charge in [-0.2, -0.15) is 0 Å². The summed E-state index contributed by atoms with van der Waals surface area (Å²) < 4.78 is 28.7. The Labute approximate surface area is 190 Å². The van der Waals surface area contributed by atoms with E-state index in [0.29, 0.717) is 16.7 Å². The third-order valence-corrected chi connectivity index (χ3v) is 5.29. The van der Waals surface area contributed by atoms with Crippen LogP contribution in [-0.4, -0.2) is 0 Å². The number of hydrogen-bond acceptors (Lipinski definition) is 0. The van der Waals surface area contributed by atoms with Crippen molar-refractivity contribution in [3.63, 3.8) is 0 Å². The molecular weight excluding hydrogens is 398 g/mol. The molecule has 0 aliphatic heterocycles. The summed E-state index contributed by atoms with van der Waals surface area (Å²) in [6, 6.07) is 17.9. The number of aryl methyl sites for hydroxylation is 2. The Bertz CT molecular complexity index is 1170. The topological polar surface area (TPSA) is 0 Å². The van der Waals surface area contributed by atoms with E-state index in [1.54, 1.807) is 24.3 Å². The predicted molar refractivity (Wildman–Crippen MR) is 128 cm³/mol. The molecule has 0 unspecified atom stereocenters. The van der Waals surface area contributed by atoms with Crippen molar-refractivity contribution in [1.82, 2.24) is 0 Å². The van der Waals surface area contributed by atoms with Crippen molar-refractivity contribution in [2.75, 3.05) is 0 Å². The number of benzene rings is 3. The zero-order valence-electron chi connectivity index (χ0n) is 18.8. The lowest BCUT2D eigenvalue weighted by molar-refractivity contribution is 0.603. The molecule has 0 spiro atoms. The molecule has 0 saturated heterocycles. The van der Waals surface area contributed by atoms with Gasteiger partial charge in [-0.25, -0.2) is 8.78 Å². The lowest BCUT2D eigenvalue weighted by Gasteiger charge is -2.02. The van der Waals surface area contributed by atoms with Crippen LogP contribution in [0.3, 0.4) is 0 Å². The highest BCUT2D eigenvalue weighted by molar-refractivity contribution is 5.49. The van der Waals surface area contributed by atoms with Crippen LogP contribution >= 0.6 is 0 Å². The molecule has 0 heterocycles. The van der Waals surface area contributed by atoms with Crippen molar-refractivity contribution in [2.24, 2.45) is 0 Å².